The highest BCUT2D eigenvalue weighted by atomic mass is 16.5. The van der Waals surface area contributed by atoms with E-state index in [0.717, 1.165) is 69.6 Å². The Labute approximate surface area is 151 Å². The van der Waals surface area contributed by atoms with Crippen molar-refractivity contribution in [3.05, 3.63) is 29.8 Å². The van der Waals surface area contributed by atoms with Gasteiger partial charge in [0.15, 0.2) is 5.96 Å². The van der Waals surface area contributed by atoms with Gasteiger partial charge in [0.25, 0.3) is 0 Å². The molecule has 0 amide bonds. The second-order valence-electron chi connectivity index (χ2n) is 6.13. The van der Waals surface area contributed by atoms with E-state index in [1.807, 2.05) is 24.3 Å². The summed E-state index contributed by atoms with van der Waals surface area (Å²) in [5, 5.41) is 6.62. The van der Waals surface area contributed by atoms with Crippen molar-refractivity contribution in [1.29, 1.82) is 0 Å². The van der Waals surface area contributed by atoms with Crippen LogP contribution in [0.5, 0.6) is 5.75 Å². The lowest BCUT2D eigenvalue weighted by Gasteiger charge is -2.12. The average Bonchev–Trinajstić information content (AvgIpc) is 3.16. The van der Waals surface area contributed by atoms with Crippen LogP contribution in [0.4, 0.5) is 0 Å². The van der Waals surface area contributed by atoms with Gasteiger partial charge in [-0.15, -0.1) is 0 Å². The first kappa shape index (κ1) is 19.5. The summed E-state index contributed by atoms with van der Waals surface area (Å²) in [7, 11) is 1.67. The average molecular weight is 349 g/mol. The monoisotopic (exact) mass is 349 g/mol. The predicted molar refractivity (Wildman–Crippen MR) is 100 cm³/mol. The van der Waals surface area contributed by atoms with Gasteiger partial charge in [-0.25, -0.2) is 4.99 Å². The Balaban J connectivity index is 1.64. The molecule has 1 fully saturated rings. The number of guanidine groups is 1. The standard InChI is InChI=1S/C19H31N3O3/c1-3-20-19(22-13-16-5-7-18(23-2)8-6-16)21-10-4-11-24-14-17-9-12-25-15-17/h5-8,17H,3-4,9-15H2,1-2H3,(H2,20,21,22). The number of ether oxygens (including phenoxy) is 3. The zero-order valence-electron chi connectivity index (χ0n) is 15.4. The van der Waals surface area contributed by atoms with Crippen molar-refractivity contribution in [3.63, 3.8) is 0 Å². The number of methoxy groups -OCH3 is 1. The van der Waals surface area contributed by atoms with E-state index >= 15 is 0 Å². The molecule has 0 radical (unpaired) electrons. The van der Waals surface area contributed by atoms with Gasteiger partial charge >= 0.3 is 0 Å². The molecule has 0 aliphatic carbocycles. The first-order chi connectivity index (χ1) is 12.3. The molecule has 2 N–H and O–H groups in total. The van der Waals surface area contributed by atoms with Crippen molar-refractivity contribution in [2.45, 2.75) is 26.3 Å². The van der Waals surface area contributed by atoms with E-state index < -0.39 is 0 Å². The fourth-order valence-electron chi connectivity index (χ4n) is 2.59. The van der Waals surface area contributed by atoms with Gasteiger partial charge in [-0.3, -0.25) is 0 Å². The SMILES string of the molecule is CCNC(=NCc1ccc(OC)cc1)NCCCOCC1CCOC1. The van der Waals surface area contributed by atoms with E-state index in [9.17, 15) is 0 Å². The fraction of sp³-hybridized carbons (Fsp3) is 0.632. The number of hydrogen-bond acceptors (Lipinski definition) is 4. The summed E-state index contributed by atoms with van der Waals surface area (Å²) in [6, 6.07) is 7.98. The maximum absolute atomic E-state index is 5.72. The minimum Gasteiger partial charge on any atom is -0.497 e. The van der Waals surface area contributed by atoms with Gasteiger partial charge in [0.2, 0.25) is 0 Å². The molecule has 0 bridgehead atoms. The molecule has 0 aromatic heterocycles. The van der Waals surface area contributed by atoms with E-state index in [-0.39, 0.29) is 0 Å². The van der Waals surface area contributed by atoms with Crippen LogP contribution >= 0.6 is 0 Å². The van der Waals surface area contributed by atoms with Gasteiger partial charge in [0.1, 0.15) is 5.75 Å². The molecule has 6 nitrogen and oxygen atoms in total. The molecule has 1 atom stereocenters. The lowest BCUT2D eigenvalue weighted by atomic mass is 10.1. The van der Waals surface area contributed by atoms with Gasteiger partial charge in [-0.05, 0) is 37.5 Å². The van der Waals surface area contributed by atoms with Gasteiger partial charge in [0, 0.05) is 32.2 Å². The third-order valence-electron chi connectivity index (χ3n) is 4.06. The minimum absolute atomic E-state index is 0.580. The van der Waals surface area contributed by atoms with Crippen LogP contribution in [0, 0.1) is 5.92 Å². The van der Waals surface area contributed by atoms with E-state index in [0.29, 0.717) is 12.5 Å². The first-order valence-electron chi connectivity index (χ1n) is 9.12. The molecule has 1 aromatic carbocycles. The van der Waals surface area contributed by atoms with E-state index in [1.165, 1.54) is 0 Å². The summed E-state index contributed by atoms with van der Waals surface area (Å²) in [6.07, 6.45) is 2.08. The molecule has 1 aromatic rings. The maximum Gasteiger partial charge on any atom is 0.191 e. The lowest BCUT2D eigenvalue weighted by molar-refractivity contribution is 0.0888. The Morgan fingerprint density at radius 2 is 2.12 bits per heavy atom. The topological polar surface area (TPSA) is 64.1 Å². The Hall–Kier alpha value is -1.79. The molecule has 0 spiro atoms. The second kappa shape index (κ2) is 11.7. The zero-order valence-corrected chi connectivity index (χ0v) is 15.4. The van der Waals surface area contributed by atoms with Crippen LogP contribution in [0.3, 0.4) is 0 Å². The van der Waals surface area contributed by atoms with E-state index in [4.69, 9.17) is 14.2 Å². The summed E-state index contributed by atoms with van der Waals surface area (Å²) in [4.78, 5) is 4.62. The third kappa shape index (κ3) is 7.75. The van der Waals surface area contributed by atoms with Gasteiger partial charge in [0.05, 0.1) is 26.9 Å². The number of hydrogen-bond donors (Lipinski definition) is 2. The van der Waals surface area contributed by atoms with Gasteiger partial charge < -0.3 is 24.8 Å². The fourth-order valence-corrected chi connectivity index (χ4v) is 2.59. The molecular formula is C19H31N3O3. The summed E-state index contributed by atoms with van der Waals surface area (Å²) in [5.74, 6) is 2.28. The number of aliphatic imine (C=N–C) groups is 1. The molecular weight excluding hydrogens is 318 g/mol. The Morgan fingerprint density at radius 1 is 1.28 bits per heavy atom. The first-order valence-corrected chi connectivity index (χ1v) is 9.12. The maximum atomic E-state index is 5.72. The molecule has 140 valence electrons. The summed E-state index contributed by atoms with van der Waals surface area (Å²) >= 11 is 0. The largest absolute Gasteiger partial charge is 0.497 e. The Kier molecular flexibility index (Phi) is 9.15. The molecule has 2 rings (SSSR count). The molecule has 1 heterocycles. The molecule has 1 aliphatic heterocycles. The highest BCUT2D eigenvalue weighted by Gasteiger charge is 2.15. The second-order valence-corrected chi connectivity index (χ2v) is 6.13. The minimum atomic E-state index is 0.580. The number of benzene rings is 1. The molecule has 1 unspecified atom stereocenters. The summed E-state index contributed by atoms with van der Waals surface area (Å²) < 4.78 is 16.2. The zero-order chi connectivity index (χ0) is 17.7. The summed E-state index contributed by atoms with van der Waals surface area (Å²) in [6.45, 7) is 7.69. The van der Waals surface area contributed by atoms with Crippen LogP contribution in [-0.4, -0.2) is 52.6 Å². The Bertz CT molecular complexity index is 499. The van der Waals surface area contributed by atoms with Crippen LogP contribution in [0.15, 0.2) is 29.3 Å². The molecule has 6 heteroatoms. The quantitative estimate of drug-likeness (QED) is 0.385. The van der Waals surface area contributed by atoms with E-state index in [2.05, 4.69) is 22.5 Å². The predicted octanol–water partition coefficient (Wildman–Crippen LogP) is 2.19. The Morgan fingerprint density at radius 3 is 2.80 bits per heavy atom. The van der Waals surface area contributed by atoms with Crippen molar-refractivity contribution in [2.24, 2.45) is 10.9 Å². The normalized spacial score (nSPS) is 17.5. The van der Waals surface area contributed by atoms with Crippen LogP contribution < -0.4 is 15.4 Å². The van der Waals surface area contributed by atoms with E-state index in [1.54, 1.807) is 7.11 Å². The third-order valence-corrected chi connectivity index (χ3v) is 4.06. The highest BCUT2D eigenvalue weighted by Crippen LogP contribution is 2.12. The van der Waals surface area contributed by atoms with Crippen molar-refractivity contribution in [1.82, 2.24) is 10.6 Å². The van der Waals surface area contributed by atoms with Gasteiger partial charge in [-0.2, -0.15) is 0 Å². The van der Waals surface area contributed by atoms with Gasteiger partial charge in [-0.1, -0.05) is 12.1 Å². The molecule has 0 saturated carbocycles. The molecule has 25 heavy (non-hydrogen) atoms. The number of nitrogens with zero attached hydrogens (tertiary/aromatic N) is 1. The highest BCUT2D eigenvalue weighted by molar-refractivity contribution is 5.79. The lowest BCUT2D eigenvalue weighted by Crippen LogP contribution is -2.38. The van der Waals surface area contributed by atoms with Crippen LogP contribution in [0.2, 0.25) is 0 Å². The summed E-state index contributed by atoms with van der Waals surface area (Å²) in [5.41, 5.74) is 1.15. The van der Waals surface area contributed by atoms with Crippen molar-refractivity contribution in [2.75, 3.05) is 46.6 Å². The van der Waals surface area contributed by atoms with Crippen molar-refractivity contribution >= 4 is 5.96 Å². The number of nitrogens with one attached hydrogen (secondary N) is 2. The number of rotatable bonds is 10. The smallest absolute Gasteiger partial charge is 0.191 e. The van der Waals surface area contributed by atoms with Crippen molar-refractivity contribution < 1.29 is 14.2 Å². The van der Waals surface area contributed by atoms with Crippen LogP contribution in [0.25, 0.3) is 0 Å². The van der Waals surface area contributed by atoms with Crippen LogP contribution in [-0.2, 0) is 16.0 Å². The van der Waals surface area contributed by atoms with Crippen molar-refractivity contribution in [3.8, 4) is 5.75 Å². The molecule has 1 aliphatic rings. The molecule has 1 saturated heterocycles. The van der Waals surface area contributed by atoms with Crippen LogP contribution in [0.1, 0.15) is 25.3 Å².